The highest BCUT2D eigenvalue weighted by molar-refractivity contribution is 7.89. The quantitative estimate of drug-likeness (QED) is 0.784. The third kappa shape index (κ3) is 4.11. The Kier molecular flexibility index (Phi) is 5.75. The van der Waals surface area contributed by atoms with Crippen LogP contribution in [0.4, 0.5) is 4.39 Å². The molecule has 0 atom stereocenters. The van der Waals surface area contributed by atoms with Crippen molar-refractivity contribution >= 4 is 10.0 Å². The van der Waals surface area contributed by atoms with Crippen LogP contribution in [0.25, 0.3) is 0 Å². The van der Waals surface area contributed by atoms with Gasteiger partial charge in [-0.25, -0.2) is 12.8 Å². The van der Waals surface area contributed by atoms with Gasteiger partial charge in [0.1, 0.15) is 6.07 Å². The largest absolute Gasteiger partial charge is 0.494 e. The molecule has 2 aromatic carbocycles. The van der Waals surface area contributed by atoms with E-state index >= 15 is 0 Å². The van der Waals surface area contributed by atoms with Gasteiger partial charge in [-0.2, -0.15) is 9.57 Å². The number of benzene rings is 2. The minimum Gasteiger partial charge on any atom is -0.494 e. The minimum absolute atomic E-state index is 0.0400. The third-order valence-corrected chi connectivity index (χ3v) is 6.54. The second kappa shape index (κ2) is 8.05. The van der Waals surface area contributed by atoms with Crippen LogP contribution in [0.15, 0.2) is 47.4 Å². The minimum atomic E-state index is -3.71. The molecule has 0 N–H and O–H groups in total. The van der Waals surface area contributed by atoms with Gasteiger partial charge in [-0.15, -0.1) is 0 Å². The van der Waals surface area contributed by atoms with E-state index in [-0.39, 0.29) is 16.2 Å². The molecule has 1 aliphatic rings. The molecule has 6 nitrogen and oxygen atoms in total. The Morgan fingerprint density at radius 2 is 1.85 bits per heavy atom. The predicted octanol–water partition coefficient (Wildman–Crippen LogP) is 2.21. The van der Waals surface area contributed by atoms with Crippen molar-refractivity contribution in [1.29, 1.82) is 5.26 Å². The standard InChI is InChI=1S/C19H20FN3O3S/c1-26-18-7-6-15(12-17(18)20)14-22-8-10-23(11-9-22)27(24,25)19-5-3-2-4-16(19)13-21/h2-7,12H,8-11,14H2,1H3. The molecule has 1 saturated heterocycles. The van der Waals surface area contributed by atoms with Crippen molar-refractivity contribution in [3.8, 4) is 11.8 Å². The zero-order valence-corrected chi connectivity index (χ0v) is 15.7. The van der Waals surface area contributed by atoms with Crippen molar-refractivity contribution in [3.05, 3.63) is 59.4 Å². The summed E-state index contributed by atoms with van der Waals surface area (Å²) in [6.45, 7) is 2.23. The van der Waals surface area contributed by atoms with Crippen molar-refractivity contribution in [2.24, 2.45) is 0 Å². The molecule has 0 aromatic heterocycles. The second-order valence-corrected chi connectivity index (χ2v) is 8.16. The van der Waals surface area contributed by atoms with Crippen LogP contribution < -0.4 is 4.74 Å². The number of methoxy groups -OCH3 is 1. The Bertz CT molecular complexity index is 964. The maximum atomic E-state index is 13.8. The van der Waals surface area contributed by atoms with Crippen LogP contribution in [-0.2, 0) is 16.6 Å². The molecule has 2 aromatic rings. The van der Waals surface area contributed by atoms with Gasteiger partial charge in [-0.05, 0) is 29.8 Å². The van der Waals surface area contributed by atoms with E-state index in [1.807, 2.05) is 6.07 Å². The Morgan fingerprint density at radius 1 is 1.15 bits per heavy atom. The van der Waals surface area contributed by atoms with Gasteiger partial charge in [-0.1, -0.05) is 18.2 Å². The number of nitrogens with zero attached hydrogens (tertiary/aromatic N) is 3. The number of hydrogen-bond donors (Lipinski definition) is 0. The highest BCUT2D eigenvalue weighted by Gasteiger charge is 2.30. The molecule has 0 unspecified atom stereocenters. The van der Waals surface area contributed by atoms with Crippen LogP contribution in [0.3, 0.4) is 0 Å². The van der Waals surface area contributed by atoms with Gasteiger partial charge < -0.3 is 4.74 Å². The summed E-state index contributed by atoms with van der Waals surface area (Å²) in [6.07, 6.45) is 0. The molecule has 1 fully saturated rings. The molecular formula is C19H20FN3O3S. The predicted molar refractivity (Wildman–Crippen MR) is 98.1 cm³/mol. The zero-order chi connectivity index (χ0) is 19.4. The number of sulfonamides is 1. The molecular weight excluding hydrogens is 369 g/mol. The lowest BCUT2D eigenvalue weighted by molar-refractivity contribution is 0.181. The first-order valence-corrected chi connectivity index (χ1v) is 9.94. The molecule has 1 heterocycles. The van der Waals surface area contributed by atoms with E-state index < -0.39 is 15.8 Å². The average Bonchev–Trinajstić information content (AvgIpc) is 2.68. The number of hydrogen-bond acceptors (Lipinski definition) is 5. The maximum Gasteiger partial charge on any atom is 0.244 e. The summed E-state index contributed by atoms with van der Waals surface area (Å²) < 4.78 is 45.8. The van der Waals surface area contributed by atoms with E-state index in [0.29, 0.717) is 32.7 Å². The Morgan fingerprint density at radius 3 is 2.48 bits per heavy atom. The van der Waals surface area contributed by atoms with Gasteiger partial charge >= 0.3 is 0 Å². The summed E-state index contributed by atoms with van der Waals surface area (Å²) in [5.41, 5.74) is 0.952. The fourth-order valence-corrected chi connectivity index (χ4v) is 4.68. The SMILES string of the molecule is COc1ccc(CN2CCN(S(=O)(=O)c3ccccc3C#N)CC2)cc1F. The molecule has 8 heteroatoms. The van der Waals surface area contributed by atoms with Crippen molar-refractivity contribution in [3.63, 3.8) is 0 Å². The fourth-order valence-electron chi connectivity index (χ4n) is 3.12. The maximum absolute atomic E-state index is 13.8. The number of ether oxygens (including phenoxy) is 1. The van der Waals surface area contributed by atoms with Crippen molar-refractivity contribution in [1.82, 2.24) is 9.21 Å². The van der Waals surface area contributed by atoms with Crippen molar-refractivity contribution < 1.29 is 17.5 Å². The molecule has 1 aliphatic heterocycles. The first kappa shape index (κ1) is 19.3. The molecule has 3 rings (SSSR count). The topological polar surface area (TPSA) is 73.6 Å². The molecule has 27 heavy (non-hydrogen) atoms. The van der Waals surface area contributed by atoms with Crippen LogP contribution in [-0.4, -0.2) is 50.9 Å². The van der Waals surface area contributed by atoms with Crippen LogP contribution in [0.5, 0.6) is 5.75 Å². The van der Waals surface area contributed by atoms with Gasteiger partial charge in [0.25, 0.3) is 0 Å². The van der Waals surface area contributed by atoms with E-state index in [2.05, 4.69) is 4.90 Å². The molecule has 0 bridgehead atoms. The Hall–Kier alpha value is -2.47. The number of nitriles is 1. The van der Waals surface area contributed by atoms with Gasteiger partial charge in [0.2, 0.25) is 10.0 Å². The lowest BCUT2D eigenvalue weighted by Gasteiger charge is -2.34. The van der Waals surface area contributed by atoms with Crippen LogP contribution in [0, 0.1) is 17.1 Å². The van der Waals surface area contributed by atoms with E-state index in [9.17, 15) is 12.8 Å². The first-order valence-electron chi connectivity index (χ1n) is 8.50. The number of rotatable bonds is 5. The van der Waals surface area contributed by atoms with Crippen molar-refractivity contribution in [2.45, 2.75) is 11.4 Å². The zero-order valence-electron chi connectivity index (χ0n) is 14.9. The van der Waals surface area contributed by atoms with Crippen LogP contribution in [0.2, 0.25) is 0 Å². The lowest BCUT2D eigenvalue weighted by atomic mass is 10.2. The van der Waals surface area contributed by atoms with Crippen molar-refractivity contribution in [2.75, 3.05) is 33.3 Å². The van der Waals surface area contributed by atoms with Gasteiger partial charge in [0.15, 0.2) is 11.6 Å². The molecule has 0 saturated carbocycles. The van der Waals surface area contributed by atoms with Crippen LogP contribution >= 0.6 is 0 Å². The van der Waals surface area contributed by atoms with E-state index in [1.54, 1.807) is 24.3 Å². The summed E-state index contributed by atoms with van der Waals surface area (Å²) in [4.78, 5) is 2.11. The Labute approximate surface area is 158 Å². The molecule has 0 spiro atoms. The summed E-state index contributed by atoms with van der Waals surface area (Å²) in [5, 5.41) is 9.17. The molecule has 142 valence electrons. The third-order valence-electron chi connectivity index (χ3n) is 4.58. The molecule has 0 radical (unpaired) electrons. The second-order valence-electron chi connectivity index (χ2n) is 6.26. The first-order chi connectivity index (χ1) is 13.0. The number of halogens is 1. The molecule has 0 aliphatic carbocycles. The summed E-state index contributed by atoms with van der Waals surface area (Å²) in [7, 11) is -2.29. The fraction of sp³-hybridized carbons (Fsp3) is 0.316. The monoisotopic (exact) mass is 389 g/mol. The lowest BCUT2D eigenvalue weighted by Crippen LogP contribution is -2.48. The normalized spacial score (nSPS) is 16.0. The molecule has 0 amide bonds. The Balaban J connectivity index is 1.66. The van der Waals surface area contributed by atoms with E-state index in [4.69, 9.17) is 10.00 Å². The van der Waals surface area contributed by atoms with Gasteiger partial charge in [0, 0.05) is 32.7 Å². The smallest absolute Gasteiger partial charge is 0.244 e. The highest BCUT2D eigenvalue weighted by atomic mass is 32.2. The average molecular weight is 389 g/mol. The van der Waals surface area contributed by atoms with Crippen LogP contribution in [0.1, 0.15) is 11.1 Å². The highest BCUT2D eigenvalue weighted by Crippen LogP contribution is 2.22. The summed E-state index contributed by atoms with van der Waals surface area (Å²) >= 11 is 0. The van der Waals surface area contributed by atoms with E-state index in [0.717, 1.165) is 5.56 Å². The number of piperazine rings is 1. The van der Waals surface area contributed by atoms with E-state index in [1.165, 1.54) is 29.6 Å². The van der Waals surface area contributed by atoms with Gasteiger partial charge in [-0.3, -0.25) is 4.90 Å². The van der Waals surface area contributed by atoms with Gasteiger partial charge in [0.05, 0.1) is 17.6 Å². The summed E-state index contributed by atoms with van der Waals surface area (Å²) in [5.74, 6) is -0.213. The summed E-state index contributed by atoms with van der Waals surface area (Å²) in [6, 6.07) is 13.0.